The van der Waals surface area contributed by atoms with Crippen molar-refractivity contribution in [3.05, 3.63) is 134 Å². The molecule has 45 heavy (non-hydrogen) atoms. The molecule has 0 fully saturated rings. The van der Waals surface area contributed by atoms with Gasteiger partial charge in [0.1, 0.15) is 5.65 Å². The summed E-state index contributed by atoms with van der Waals surface area (Å²) in [6.45, 7) is 0. The van der Waals surface area contributed by atoms with Gasteiger partial charge in [-0.3, -0.25) is 4.98 Å². The van der Waals surface area contributed by atoms with Crippen LogP contribution in [0.5, 0.6) is 11.5 Å². The van der Waals surface area contributed by atoms with Crippen molar-refractivity contribution in [2.45, 2.75) is 0 Å². The van der Waals surface area contributed by atoms with Gasteiger partial charge >= 0.3 is 20.4 Å². The van der Waals surface area contributed by atoms with E-state index in [0.717, 1.165) is 49.6 Å². The standard InChI is InChI=1S/C38H20N4OS.Pd/c1-3-12-32-27(9-1)26-15-14-25(22-31(26)37-40-19-20-41(32)37)43-24-8-5-7-23(21-24)42-33-17-16-29-28-10-2-4-13-34(28)44-36(29)35(33)30-11-6-18-39-38(30)42;/h1-20H;/q-2;+2. The number of aromatic nitrogens is 4. The van der Waals surface area contributed by atoms with Crippen LogP contribution < -0.4 is 4.74 Å². The third kappa shape index (κ3) is 3.82. The van der Waals surface area contributed by atoms with E-state index in [0.29, 0.717) is 11.5 Å². The Bertz CT molecular complexity index is 2780. The van der Waals surface area contributed by atoms with E-state index in [1.54, 1.807) is 0 Å². The van der Waals surface area contributed by atoms with Crippen molar-refractivity contribution in [3.63, 3.8) is 0 Å². The molecule has 5 nitrogen and oxygen atoms in total. The van der Waals surface area contributed by atoms with Gasteiger partial charge in [-0.2, -0.15) is 6.07 Å². The first-order chi connectivity index (χ1) is 21.8. The van der Waals surface area contributed by atoms with Gasteiger partial charge in [-0.05, 0) is 35.7 Å². The van der Waals surface area contributed by atoms with Crippen molar-refractivity contribution >= 4 is 80.8 Å². The van der Waals surface area contributed by atoms with Crippen molar-refractivity contribution in [1.82, 2.24) is 18.9 Å². The molecule has 10 rings (SSSR count). The van der Waals surface area contributed by atoms with Crippen LogP contribution >= 0.6 is 11.3 Å². The first-order valence-corrected chi connectivity index (χ1v) is 15.2. The maximum Gasteiger partial charge on any atom is 2.00 e. The van der Waals surface area contributed by atoms with E-state index >= 15 is 0 Å². The molecule has 5 heterocycles. The predicted octanol–water partition coefficient (Wildman–Crippen LogP) is 9.89. The molecule has 5 aromatic carbocycles. The van der Waals surface area contributed by atoms with Crippen LogP contribution in [0.4, 0.5) is 0 Å². The Labute approximate surface area is 274 Å². The van der Waals surface area contributed by atoms with E-state index in [-0.39, 0.29) is 20.4 Å². The fourth-order valence-corrected chi connectivity index (χ4v) is 7.89. The van der Waals surface area contributed by atoms with Gasteiger partial charge in [0.05, 0.1) is 11.2 Å². The topological polar surface area (TPSA) is 44.4 Å². The summed E-state index contributed by atoms with van der Waals surface area (Å²) in [5.74, 6) is 1.21. The number of thiophene rings is 1. The van der Waals surface area contributed by atoms with Gasteiger partial charge in [-0.15, -0.1) is 41.7 Å². The average Bonchev–Trinajstić information content (AvgIpc) is 3.79. The van der Waals surface area contributed by atoms with Crippen LogP contribution in [0.3, 0.4) is 0 Å². The third-order valence-corrected chi connectivity index (χ3v) is 9.69. The molecule has 7 heteroatoms. The molecule has 0 spiro atoms. The first kappa shape index (κ1) is 26.4. The molecule has 0 amide bonds. The Hall–Kier alpha value is -5.06. The number of ether oxygens (including phenoxy) is 1. The second-order valence-electron chi connectivity index (χ2n) is 10.9. The minimum atomic E-state index is 0. The Morgan fingerprint density at radius 2 is 1.40 bits per heavy atom. The summed E-state index contributed by atoms with van der Waals surface area (Å²) in [4.78, 5) is 9.49. The fraction of sp³-hybridized carbons (Fsp3) is 0. The van der Waals surface area contributed by atoms with E-state index in [1.165, 1.54) is 25.6 Å². The number of benzene rings is 5. The van der Waals surface area contributed by atoms with Crippen LogP contribution in [0, 0.1) is 12.1 Å². The van der Waals surface area contributed by atoms with Crippen LogP contribution in [0.2, 0.25) is 0 Å². The summed E-state index contributed by atoms with van der Waals surface area (Å²) < 4.78 is 13.3. The molecule has 0 saturated carbocycles. The van der Waals surface area contributed by atoms with Gasteiger partial charge in [0, 0.05) is 66.6 Å². The van der Waals surface area contributed by atoms with E-state index in [1.807, 2.05) is 54.2 Å². The quantitative estimate of drug-likeness (QED) is 0.106. The van der Waals surface area contributed by atoms with Crippen molar-refractivity contribution in [2.24, 2.45) is 0 Å². The van der Waals surface area contributed by atoms with Crippen LogP contribution in [0.1, 0.15) is 0 Å². The number of rotatable bonds is 3. The maximum atomic E-state index is 6.42. The Morgan fingerprint density at radius 3 is 2.36 bits per heavy atom. The minimum absolute atomic E-state index is 0. The Balaban J connectivity index is 0.00000281. The molecule has 0 bridgehead atoms. The monoisotopic (exact) mass is 686 g/mol. The molecule has 5 aromatic heterocycles. The average molecular weight is 687 g/mol. The molecule has 0 N–H and O–H groups in total. The van der Waals surface area contributed by atoms with E-state index < -0.39 is 0 Å². The summed E-state index contributed by atoms with van der Waals surface area (Å²) in [6, 6.07) is 42.7. The van der Waals surface area contributed by atoms with Gasteiger partial charge in [0.15, 0.2) is 0 Å². The number of pyridine rings is 2. The molecule has 0 atom stereocenters. The summed E-state index contributed by atoms with van der Waals surface area (Å²) in [7, 11) is 0. The van der Waals surface area contributed by atoms with Crippen LogP contribution in [-0.4, -0.2) is 18.9 Å². The van der Waals surface area contributed by atoms with Crippen molar-refractivity contribution < 1.29 is 25.2 Å². The molecular weight excluding hydrogens is 667 g/mol. The second-order valence-corrected chi connectivity index (χ2v) is 11.9. The number of nitrogens with zero attached hydrogens (tertiary/aromatic N) is 4. The molecule has 0 unspecified atom stereocenters. The summed E-state index contributed by atoms with van der Waals surface area (Å²) in [6.07, 6.45) is 5.67. The Kier molecular flexibility index (Phi) is 5.85. The van der Waals surface area contributed by atoms with Gasteiger partial charge in [-0.1, -0.05) is 65.0 Å². The van der Waals surface area contributed by atoms with Gasteiger partial charge in [0.2, 0.25) is 0 Å². The maximum absolute atomic E-state index is 6.42. The van der Waals surface area contributed by atoms with Crippen molar-refractivity contribution in [1.29, 1.82) is 0 Å². The molecule has 0 aliphatic rings. The number of imidazole rings is 1. The number of hydrogen-bond donors (Lipinski definition) is 0. The zero-order chi connectivity index (χ0) is 28.8. The summed E-state index contributed by atoms with van der Waals surface area (Å²) in [5.41, 5.74) is 4.82. The van der Waals surface area contributed by atoms with Crippen LogP contribution in [0.25, 0.3) is 75.1 Å². The fourth-order valence-electron chi connectivity index (χ4n) is 6.63. The zero-order valence-electron chi connectivity index (χ0n) is 23.5. The van der Waals surface area contributed by atoms with Gasteiger partial charge in [-0.25, -0.2) is 4.98 Å². The summed E-state index contributed by atoms with van der Waals surface area (Å²) >= 11 is 1.84. The van der Waals surface area contributed by atoms with E-state index in [2.05, 4.69) is 105 Å². The first-order valence-electron chi connectivity index (χ1n) is 14.4. The molecule has 0 radical (unpaired) electrons. The number of fused-ring (bicyclic) bond motifs is 13. The van der Waals surface area contributed by atoms with Crippen molar-refractivity contribution in [2.75, 3.05) is 0 Å². The predicted molar refractivity (Wildman–Crippen MR) is 179 cm³/mol. The van der Waals surface area contributed by atoms with Gasteiger partial charge < -0.3 is 13.7 Å². The minimum Gasteiger partial charge on any atom is -0.503 e. The molecule has 214 valence electrons. The normalized spacial score (nSPS) is 11.8. The van der Waals surface area contributed by atoms with E-state index in [9.17, 15) is 0 Å². The molecule has 0 aliphatic heterocycles. The van der Waals surface area contributed by atoms with Gasteiger partial charge in [0.25, 0.3) is 0 Å². The number of para-hydroxylation sites is 1. The zero-order valence-corrected chi connectivity index (χ0v) is 25.8. The molecular formula is C38H20N4OPdS. The summed E-state index contributed by atoms with van der Waals surface area (Å²) in [5, 5.41) is 8.05. The SMILES string of the molecule is [Pd+2].[c-]1c(Oc2[c-]c3c(cc2)c2ccccc2n2ccnc32)cccc1-n1c2ccc3c4ccccc4sc3c2c2cccnc21. The molecule has 0 saturated heterocycles. The van der Waals surface area contributed by atoms with E-state index in [4.69, 9.17) is 9.72 Å². The largest absolute Gasteiger partial charge is 2.00 e. The Morgan fingerprint density at radius 1 is 0.600 bits per heavy atom. The van der Waals surface area contributed by atoms with Crippen LogP contribution in [-0.2, 0) is 20.4 Å². The molecule has 10 aromatic rings. The van der Waals surface area contributed by atoms with Crippen molar-refractivity contribution in [3.8, 4) is 17.2 Å². The van der Waals surface area contributed by atoms with Crippen LogP contribution in [0.15, 0.2) is 122 Å². The second kappa shape index (κ2) is 9.98. The third-order valence-electron chi connectivity index (χ3n) is 8.48. The smallest absolute Gasteiger partial charge is 0.503 e. The molecule has 0 aliphatic carbocycles. The number of hydrogen-bond acceptors (Lipinski definition) is 4.